The SMILES string of the molecule is CC(=O)c1ccc(NC(=O)[C@H](CC(C)C)N2Cc3ccccc3C2=O)cc1. The molecule has 0 fully saturated rings. The van der Waals surface area contributed by atoms with E-state index in [9.17, 15) is 14.4 Å². The van der Waals surface area contributed by atoms with Crippen molar-refractivity contribution in [2.24, 2.45) is 5.92 Å². The Kier molecular flexibility index (Phi) is 5.40. The number of Topliss-reactive ketones (excluding diaryl/α,β-unsaturated/α-hetero) is 1. The molecule has 2 aromatic carbocycles. The number of nitrogens with zero attached hydrogens (tertiary/aromatic N) is 1. The molecule has 0 aliphatic carbocycles. The highest BCUT2D eigenvalue weighted by atomic mass is 16.2. The fourth-order valence-electron chi connectivity index (χ4n) is 3.36. The maximum Gasteiger partial charge on any atom is 0.255 e. The van der Waals surface area contributed by atoms with Crippen molar-refractivity contribution in [1.82, 2.24) is 4.90 Å². The van der Waals surface area contributed by atoms with Gasteiger partial charge in [0.15, 0.2) is 5.78 Å². The quantitative estimate of drug-likeness (QED) is 0.791. The lowest BCUT2D eigenvalue weighted by Crippen LogP contribution is -2.45. The first-order chi connectivity index (χ1) is 12.9. The summed E-state index contributed by atoms with van der Waals surface area (Å²) in [6.07, 6.45) is 0.580. The third-order valence-electron chi connectivity index (χ3n) is 4.78. The lowest BCUT2D eigenvalue weighted by molar-refractivity contribution is -0.121. The highest BCUT2D eigenvalue weighted by Gasteiger charge is 2.36. The Bertz CT molecular complexity index is 871. The molecule has 2 amide bonds. The zero-order valence-corrected chi connectivity index (χ0v) is 15.9. The molecule has 0 radical (unpaired) electrons. The first-order valence-corrected chi connectivity index (χ1v) is 9.17. The van der Waals surface area contributed by atoms with Gasteiger partial charge in [-0.1, -0.05) is 32.0 Å². The topological polar surface area (TPSA) is 66.5 Å². The van der Waals surface area contributed by atoms with Gasteiger partial charge in [0.25, 0.3) is 5.91 Å². The summed E-state index contributed by atoms with van der Waals surface area (Å²) >= 11 is 0. The molecule has 1 aliphatic heterocycles. The van der Waals surface area contributed by atoms with E-state index in [1.54, 1.807) is 29.2 Å². The van der Waals surface area contributed by atoms with Gasteiger partial charge in [-0.25, -0.2) is 0 Å². The lowest BCUT2D eigenvalue weighted by Gasteiger charge is -2.28. The third-order valence-corrected chi connectivity index (χ3v) is 4.78. The van der Waals surface area contributed by atoms with Crippen LogP contribution in [0.3, 0.4) is 0 Å². The first kappa shape index (κ1) is 18.8. The zero-order valence-electron chi connectivity index (χ0n) is 15.9. The van der Waals surface area contributed by atoms with Crippen LogP contribution in [0.25, 0.3) is 0 Å². The van der Waals surface area contributed by atoms with E-state index in [0.29, 0.717) is 29.8 Å². The van der Waals surface area contributed by atoms with Gasteiger partial charge in [0.1, 0.15) is 6.04 Å². The number of fused-ring (bicyclic) bond motifs is 1. The van der Waals surface area contributed by atoms with Gasteiger partial charge >= 0.3 is 0 Å². The van der Waals surface area contributed by atoms with Crippen molar-refractivity contribution >= 4 is 23.3 Å². The summed E-state index contributed by atoms with van der Waals surface area (Å²) in [5.74, 6) is -0.0675. The van der Waals surface area contributed by atoms with Crippen molar-refractivity contribution in [3.8, 4) is 0 Å². The summed E-state index contributed by atoms with van der Waals surface area (Å²) in [6, 6.07) is 13.7. The Balaban J connectivity index is 1.79. The minimum atomic E-state index is -0.544. The number of amides is 2. The molecule has 0 spiro atoms. The van der Waals surface area contributed by atoms with Crippen molar-refractivity contribution in [3.05, 3.63) is 65.2 Å². The molecular weight excluding hydrogens is 340 g/mol. The van der Waals surface area contributed by atoms with E-state index in [1.807, 2.05) is 38.1 Å². The monoisotopic (exact) mass is 364 g/mol. The average molecular weight is 364 g/mol. The highest BCUT2D eigenvalue weighted by molar-refractivity contribution is 6.03. The van der Waals surface area contributed by atoms with Crippen molar-refractivity contribution in [2.45, 2.75) is 39.8 Å². The fraction of sp³-hybridized carbons (Fsp3) is 0.318. The molecule has 0 bridgehead atoms. The Morgan fingerprint density at radius 2 is 1.74 bits per heavy atom. The third kappa shape index (κ3) is 4.08. The number of hydrogen-bond acceptors (Lipinski definition) is 3. The molecule has 3 rings (SSSR count). The summed E-state index contributed by atoms with van der Waals surface area (Å²) < 4.78 is 0. The second-order valence-electron chi connectivity index (χ2n) is 7.36. The molecule has 0 aromatic heterocycles. The predicted octanol–water partition coefficient (Wildman–Crippen LogP) is 3.90. The molecule has 1 heterocycles. The molecular formula is C22H24N2O3. The van der Waals surface area contributed by atoms with Gasteiger partial charge in [-0.2, -0.15) is 0 Å². The van der Waals surface area contributed by atoms with Gasteiger partial charge in [0.05, 0.1) is 0 Å². The van der Waals surface area contributed by atoms with Crippen molar-refractivity contribution in [3.63, 3.8) is 0 Å². The standard InChI is InChI=1S/C22H24N2O3/c1-14(2)12-20(24-13-17-6-4-5-7-19(17)22(24)27)21(26)23-18-10-8-16(9-11-18)15(3)25/h4-11,14,20H,12-13H2,1-3H3,(H,23,26)/t20-/m0/s1. The van der Waals surface area contributed by atoms with Crippen LogP contribution in [-0.2, 0) is 11.3 Å². The fourth-order valence-corrected chi connectivity index (χ4v) is 3.36. The van der Waals surface area contributed by atoms with Crippen LogP contribution in [0.4, 0.5) is 5.69 Å². The summed E-state index contributed by atoms with van der Waals surface area (Å²) in [7, 11) is 0. The van der Waals surface area contributed by atoms with Gasteiger partial charge in [-0.3, -0.25) is 14.4 Å². The molecule has 2 aromatic rings. The number of anilines is 1. The zero-order chi connectivity index (χ0) is 19.6. The molecule has 1 N–H and O–H groups in total. The van der Waals surface area contributed by atoms with Crippen LogP contribution >= 0.6 is 0 Å². The van der Waals surface area contributed by atoms with Crippen molar-refractivity contribution in [1.29, 1.82) is 0 Å². The van der Waals surface area contributed by atoms with E-state index in [0.717, 1.165) is 5.56 Å². The van der Waals surface area contributed by atoms with Crippen LogP contribution in [0.1, 0.15) is 53.5 Å². The largest absolute Gasteiger partial charge is 0.324 e. The maximum atomic E-state index is 13.0. The van der Waals surface area contributed by atoms with Crippen LogP contribution in [0, 0.1) is 5.92 Å². The smallest absolute Gasteiger partial charge is 0.255 e. The van der Waals surface area contributed by atoms with Gasteiger partial charge in [0.2, 0.25) is 5.91 Å². The van der Waals surface area contributed by atoms with Crippen molar-refractivity contribution < 1.29 is 14.4 Å². The molecule has 27 heavy (non-hydrogen) atoms. The predicted molar refractivity (Wildman–Crippen MR) is 105 cm³/mol. The summed E-state index contributed by atoms with van der Waals surface area (Å²) in [4.78, 5) is 38.8. The van der Waals surface area contributed by atoms with Crippen LogP contribution < -0.4 is 5.32 Å². The van der Waals surface area contributed by atoms with Crippen LogP contribution in [0.15, 0.2) is 48.5 Å². The number of carbonyl (C=O) groups excluding carboxylic acids is 3. The van der Waals surface area contributed by atoms with Gasteiger partial charge in [-0.05, 0) is 55.2 Å². The second kappa shape index (κ2) is 7.74. The minimum absolute atomic E-state index is 0.0222. The molecule has 0 saturated heterocycles. The van der Waals surface area contributed by atoms with Crippen molar-refractivity contribution in [2.75, 3.05) is 5.32 Å². The van der Waals surface area contributed by atoms with E-state index < -0.39 is 6.04 Å². The van der Waals surface area contributed by atoms with Gasteiger partial charge in [-0.15, -0.1) is 0 Å². The number of carbonyl (C=O) groups is 3. The summed E-state index contributed by atoms with van der Waals surface area (Å²) in [5, 5.41) is 2.89. The molecule has 0 saturated carbocycles. The Morgan fingerprint density at radius 1 is 1.07 bits per heavy atom. The lowest BCUT2D eigenvalue weighted by atomic mass is 10.0. The van der Waals surface area contributed by atoms with Crippen LogP contribution in [-0.4, -0.2) is 28.5 Å². The summed E-state index contributed by atoms with van der Waals surface area (Å²) in [6.45, 7) is 6.03. The van der Waals surface area contributed by atoms with E-state index in [-0.39, 0.29) is 23.5 Å². The van der Waals surface area contributed by atoms with E-state index in [4.69, 9.17) is 0 Å². The average Bonchev–Trinajstić information content (AvgIpc) is 2.97. The second-order valence-corrected chi connectivity index (χ2v) is 7.36. The molecule has 0 unspecified atom stereocenters. The number of ketones is 1. The Labute approximate surface area is 159 Å². The molecule has 5 nitrogen and oxygen atoms in total. The molecule has 5 heteroatoms. The number of rotatable bonds is 6. The Morgan fingerprint density at radius 3 is 2.33 bits per heavy atom. The van der Waals surface area contributed by atoms with E-state index in [1.165, 1.54) is 6.92 Å². The first-order valence-electron chi connectivity index (χ1n) is 9.17. The van der Waals surface area contributed by atoms with Crippen LogP contribution in [0.5, 0.6) is 0 Å². The highest BCUT2D eigenvalue weighted by Crippen LogP contribution is 2.27. The van der Waals surface area contributed by atoms with Gasteiger partial charge < -0.3 is 10.2 Å². The van der Waals surface area contributed by atoms with Gasteiger partial charge in [0, 0.05) is 23.4 Å². The normalized spacial score (nSPS) is 14.2. The summed E-state index contributed by atoms with van der Waals surface area (Å²) in [5.41, 5.74) is 2.83. The maximum absolute atomic E-state index is 13.0. The molecule has 140 valence electrons. The number of nitrogens with one attached hydrogen (secondary N) is 1. The molecule has 1 atom stereocenters. The van der Waals surface area contributed by atoms with E-state index >= 15 is 0 Å². The van der Waals surface area contributed by atoms with Crippen LogP contribution in [0.2, 0.25) is 0 Å². The van der Waals surface area contributed by atoms with E-state index in [2.05, 4.69) is 5.32 Å². The number of hydrogen-bond donors (Lipinski definition) is 1. The molecule has 1 aliphatic rings. The Hall–Kier alpha value is -2.95. The number of benzene rings is 2. The minimum Gasteiger partial charge on any atom is -0.324 e.